The highest BCUT2D eigenvalue weighted by atomic mass is 16.4. The van der Waals surface area contributed by atoms with Crippen molar-refractivity contribution in [2.45, 2.75) is 76.3 Å². The Kier molecular flexibility index (Phi) is 10.7. The summed E-state index contributed by atoms with van der Waals surface area (Å²) in [5.41, 5.74) is 3.41. The second-order valence-electron chi connectivity index (χ2n) is 10.6. The first kappa shape index (κ1) is 30.4. The van der Waals surface area contributed by atoms with E-state index in [2.05, 4.69) is 20.6 Å². The lowest BCUT2D eigenvalue weighted by atomic mass is 10.0. The Balaban J connectivity index is 1.08. The maximum absolute atomic E-state index is 12.4. The Morgan fingerprint density at radius 1 is 0.595 bits per heavy atom. The van der Waals surface area contributed by atoms with Gasteiger partial charge >= 0.3 is 0 Å². The van der Waals surface area contributed by atoms with Gasteiger partial charge in [-0.1, -0.05) is 62.1 Å². The normalized spacial score (nSPS) is 12.7. The summed E-state index contributed by atoms with van der Waals surface area (Å²) >= 11 is 0. The number of carbonyl (C=O) groups excluding carboxylic acids is 4. The molecule has 0 saturated carbocycles. The van der Waals surface area contributed by atoms with Crippen LogP contribution in [0, 0.1) is 0 Å². The van der Waals surface area contributed by atoms with E-state index in [-0.39, 0.29) is 37.5 Å². The number of carboxylic acid groups (broad SMARTS) is 2. The number of hydrogen-bond donors (Lipinski definition) is 4. The van der Waals surface area contributed by atoms with Crippen LogP contribution >= 0.6 is 0 Å². The van der Waals surface area contributed by atoms with E-state index in [1.165, 1.54) is 0 Å². The third-order valence-electron chi connectivity index (χ3n) is 7.50. The molecule has 10 nitrogen and oxygen atoms in total. The van der Waals surface area contributed by atoms with Gasteiger partial charge in [-0.3, -0.25) is 9.59 Å². The fraction of sp³-hybridized carbons (Fsp3) is 0.375. The lowest BCUT2D eigenvalue weighted by molar-refractivity contribution is -0.309. The van der Waals surface area contributed by atoms with E-state index in [9.17, 15) is 29.4 Å². The summed E-state index contributed by atoms with van der Waals surface area (Å²) in [7, 11) is 0. The zero-order valence-corrected chi connectivity index (χ0v) is 23.4. The van der Waals surface area contributed by atoms with Crippen molar-refractivity contribution in [3.05, 3.63) is 72.1 Å². The van der Waals surface area contributed by atoms with Gasteiger partial charge in [0, 0.05) is 59.9 Å². The van der Waals surface area contributed by atoms with E-state index in [0.29, 0.717) is 12.8 Å². The van der Waals surface area contributed by atoms with Crippen molar-refractivity contribution < 1.29 is 29.4 Å². The number of carboxylic acids is 2. The molecule has 0 spiro atoms. The van der Waals surface area contributed by atoms with Gasteiger partial charge in [0.25, 0.3) is 0 Å². The molecule has 2 heterocycles. The molecule has 4 rings (SSSR count). The first-order chi connectivity index (χ1) is 20.3. The molecule has 2 amide bonds. The third-order valence-corrected chi connectivity index (χ3v) is 7.50. The van der Waals surface area contributed by atoms with E-state index in [1.807, 2.05) is 48.5 Å². The van der Waals surface area contributed by atoms with Gasteiger partial charge in [0.05, 0.1) is 24.0 Å². The number of fused-ring (bicyclic) bond motifs is 2. The Morgan fingerprint density at radius 2 is 0.976 bits per heavy atom. The molecule has 0 radical (unpaired) electrons. The Morgan fingerprint density at radius 3 is 1.38 bits per heavy atom. The van der Waals surface area contributed by atoms with E-state index < -0.39 is 24.0 Å². The first-order valence-corrected chi connectivity index (χ1v) is 14.4. The monoisotopic (exact) mass is 572 g/mol. The van der Waals surface area contributed by atoms with Gasteiger partial charge in [-0.15, -0.1) is 0 Å². The summed E-state index contributed by atoms with van der Waals surface area (Å²) in [6, 6.07) is 12.9. The summed E-state index contributed by atoms with van der Waals surface area (Å²) < 4.78 is 0. The number of amides is 2. The Bertz CT molecular complexity index is 1410. The van der Waals surface area contributed by atoms with Gasteiger partial charge in [0.1, 0.15) is 0 Å². The number of aromatic nitrogens is 2. The second kappa shape index (κ2) is 14.9. The Hall–Kier alpha value is -4.60. The fourth-order valence-electron chi connectivity index (χ4n) is 5.24. The minimum absolute atomic E-state index is 0.137. The molecule has 0 aliphatic heterocycles. The molecule has 42 heavy (non-hydrogen) atoms. The van der Waals surface area contributed by atoms with Gasteiger partial charge in [-0.2, -0.15) is 0 Å². The van der Waals surface area contributed by atoms with Crippen LogP contribution < -0.4 is 20.8 Å². The van der Waals surface area contributed by atoms with Crippen molar-refractivity contribution in [1.82, 2.24) is 20.6 Å². The van der Waals surface area contributed by atoms with Crippen molar-refractivity contribution in [2.24, 2.45) is 0 Å². The smallest absolute Gasteiger partial charge is 0.220 e. The average Bonchev–Trinajstić information content (AvgIpc) is 3.57. The van der Waals surface area contributed by atoms with Crippen LogP contribution in [0.1, 0.15) is 62.5 Å². The molecule has 0 aliphatic carbocycles. The fourth-order valence-corrected chi connectivity index (χ4v) is 5.24. The van der Waals surface area contributed by atoms with E-state index in [1.54, 1.807) is 12.4 Å². The topological polar surface area (TPSA) is 170 Å². The molecular weight excluding hydrogens is 536 g/mol. The highest BCUT2D eigenvalue weighted by Gasteiger charge is 2.17. The number of nitrogens with one attached hydrogen (secondary N) is 4. The van der Waals surface area contributed by atoms with Gasteiger partial charge in [-0.25, -0.2) is 0 Å². The average molecular weight is 573 g/mol. The molecule has 0 unspecified atom stereocenters. The SMILES string of the molecule is O=C(CCCCCCCCC(=O)N[C@@H](Cc1c[nH]c2ccccc12)C(=O)[O-])N[C@@H](Cc1c[nH]c2ccccc12)C(=O)[O-]. The van der Waals surface area contributed by atoms with Crippen LogP contribution in [-0.2, 0) is 32.0 Å². The summed E-state index contributed by atoms with van der Waals surface area (Å²) in [6.45, 7) is 0. The zero-order valence-electron chi connectivity index (χ0n) is 23.4. The lowest BCUT2D eigenvalue weighted by Gasteiger charge is -2.19. The zero-order chi connectivity index (χ0) is 29.9. The van der Waals surface area contributed by atoms with E-state index >= 15 is 0 Å². The standard InChI is InChI=1S/C32H38N4O6/c37-29(35-27(31(39)40)17-21-19-33-25-13-9-7-11-23(21)25)15-5-3-1-2-4-6-16-30(38)36-28(32(41)42)18-22-20-34-26-14-10-8-12-24(22)26/h7-14,19-20,27-28,33-34H,1-6,15-18H2,(H,35,37)(H,36,38)(H,39,40)(H,41,42)/p-2/t27-,28-/m0/s1. The molecule has 0 aliphatic rings. The van der Waals surface area contributed by atoms with Crippen LogP contribution in [0.4, 0.5) is 0 Å². The summed E-state index contributed by atoms with van der Waals surface area (Å²) in [5.74, 6) is -3.28. The molecule has 2 aromatic carbocycles. The molecule has 2 aromatic heterocycles. The quantitative estimate of drug-likeness (QED) is 0.141. The third kappa shape index (κ3) is 8.45. The van der Waals surface area contributed by atoms with Crippen molar-refractivity contribution >= 4 is 45.6 Å². The van der Waals surface area contributed by atoms with Crippen LogP contribution in [0.2, 0.25) is 0 Å². The van der Waals surface area contributed by atoms with E-state index in [4.69, 9.17) is 0 Å². The highest BCUT2D eigenvalue weighted by molar-refractivity contribution is 5.87. The number of H-pyrrole nitrogens is 2. The number of carbonyl (C=O) groups is 4. The number of benzene rings is 2. The number of aromatic amines is 2. The van der Waals surface area contributed by atoms with Crippen LogP contribution in [-0.4, -0.2) is 45.8 Å². The Labute approximate surface area is 243 Å². The number of unbranched alkanes of at least 4 members (excludes halogenated alkanes) is 5. The molecule has 0 saturated heterocycles. The van der Waals surface area contributed by atoms with Gasteiger partial charge in [-0.05, 0) is 36.1 Å². The molecule has 2 atom stereocenters. The van der Waals surface area contributed by atoms with Crippen LogP contribution in [0.5, 0.6) is 0 Å². The maximum Gasteiger partial charge on any atom is 0.220 e. The number of para-hydroxylation sites is 2. The number of rotatable bonds is 17. The minimum Gasteiger partial charge on any atom is -0.548 e. The van der Waals surface area contributed by atoms with Crippen LogP contribution in [0.15, 0.2) is 60.9 Å². The van der Waals surface area contributed by atoms with E-state index in [0.717, 1.165) is 58.6 Å². The minimum atomic E-state index is -1.32. The van der Waals surface area contributed by atoms with Gasteiger partial charge in [0.2, 0.25) is 11.8 Å². The number of aliphatic carboxylic acids is 2. The molecule has 4 N–H and O–H groups in total. The second-order valence-corrected chi connectivity index (χ2v) is 10.6. The maximum atomic E-state index is 12.4. The highest BCUT2D eigenvalue weighted by Crippen LogP contribution is 2.20. The molecule has 0 bridgehead atoms. The first-order valence-electron chi connectivity index (χ1n) is 14.4. The lowest BCUT2D eigenvalue weighted by Crippen LogP contribution is -2.49. The van der Waals surface area contributed by atoms with Crippen LogP contribution in [0.3, 0.4) is 0 Å². The number of hydrogen-bond acceptors (Lipinski definition) is 6. The van der Waals surface area contributed by atoms with Crippen molar-refractivity contribution in [1.29, 1.82) is 0 Å². The summed E-state index contributed by atoms with van der Waals surface area (Å²) in [6.07, 6.45) is 8.82. The molecule has 222 valence electrons. The van der Waals surface area contributed by atoms with Crippen LogP contribution in [0.25, 0.3) is 21.8 Å². The molecule has 4 aromatic rings. The molecular formula is C32H36N4O6-2. The van der Waals surface area contributed by atoms with Crippen molar-refractivity contribution in [3.8, 4) is 0 Å². The molecule has 0 fully saturated rings. The summed E-state index contributed by atoms with van der Waals surface area (Å²) in [5, 5.41) is 30.3. The largest absolute Gasteiger partial charge is 0.548 e. The van der Waals surface area contributed by atoms with Crippen molar-refractivity contribution in [2.75, 3.05) is 0 Å². The predicted octanol–water partition coefficient (Wildman–Crippen LogP) is 2.02. The van der Waals surface area contributed by atoms with Gasteiger partial charge in [0.15, 0.2) is 0 Å². The molecule has 10 heteroatoms. The predicted molar refractivity (Wildman–Crippen MR) is 155 cm³/mol. The summed E-state index contributed by atoms with van der Waals surface area (Å²) in [4.78, 5) is 54.2. The van der Waals surface area contributed by atoms with Crippen molar-refractivity contribution in [3.63, 3.8) is 0 Å². The van der Waals surface area contributed by atoms with Gasteiger partial charge < -0.3 is 40.4 Å².